The van der Waals surface area contributed by atoms with Crippen molar-refractivity contribution in [3.05, 3.63) is 42.0 Å². The number of aliphatic hydroxyl groups excluding tert-OH is 2. The summed E-state index contributed by atoms with van der Waals surface area (Å²) in [5.74, 6) is -1.69. The van der Waals surface area contributed by atoms with Crippen LogP contribution in [0.1, 0.15) is 25.8 Å². The van der Waals surface area contributed by atoms with Crippen molar-refractivity contribution < 1.29 is 42.9 Å². The van der Waals surface area contributed by atoms with E-state index in [0.29, 0.717) is 0 Å². The molecule has 2 aliphatic heterocycles. The number of aliphatic hydroxyl groups is 3. The average molecular weight is 629 g/mol. The van der Waals surface area contributed by atoms with Crippen LogP contribution in [0.25, 0.3) is 0 Å². The summed E-state index contributed by atoms with van der Waals surface area (Å²) in [6.45, 7) is 2.55. The average Bonchev–Trinajstić information content (AvgIpc) is 3.24. The van der Waals surface area contributed by atoms with E-state index in [4.69, 9.17) is 19.5 Å². The van der Waals surface area contributed by atoms with Crippen molar-refractivity contribution in [1.82, 2.24) is 15.1 Å². The number of benzene rings is 1. The maximum Gasteiger partial charge on any atom is 0.405 e. The van der Waals surface area contributed by atoms with Crippen LogP contribution in [0.4, 0.5) is 21.7 Å². The van der Waals surface area contributed by atoms with Crippen LogP contribution in [-0.2, 0) is 29.7 Å². The Morgan fingerprint density at radius 3 is 2.81 bits per heavy atom. The van der Waals surface area contributed by atoms with Crippen molar-refractivity contribution in [3.8, 4) is 0 Å². The van der Waals surface area contributed by atoms with Crippen molar-refractivity contribution in [2.24, 2.45) is 5.41 Å². The quantitative estimate of drug-likeness (QED) is 0.105. The number of carbonyl (C=O) groups is 1. The number of fused-ring (bicyclic) bond motifs is 2. The van der Waals surface area contributed by atoms with Gasteiger partial charge in [-0.3, -0.25) is 13.8 Å². The van der Waals surface area contributed by atoms with E-state index in [1.54, 1.807) is 13.8 Å². The lowest BCUT2D eigenvalue weighted by molar-refractivity contribution is -0.151. The second kappa shape index (κ2) is 11.6. The van der Waals surface area contributed by atoms with Crippen LogP contribution in [0.2, 0.25) is 0 Å². The first kappa shape index (κ1) is 31.0. The molecule has 5 atom stereocenters. The summed E-state index contributed by atoms with van der Waals surface area (Å²) in [4.78, 5) is 21.1. The highest BCUT2D eigenvalue weighted by Gasteiger charge is 2.82. The molecule has 1 aromatic heterocycles. The molecule has 1 saturated heterocycles. The second-order valence-corrected chi connectivity index (χ2v) is 13.8. The maximum atomic E-state index is 14.0. The third kappa shape index (κ3) is 5.75. The number of nitrogens with zero attached hydrogens (tertiary/aromatic N) is 3. The SMILES string of the molecule is CC(C)(CO)C(=O)SCCOP(=O)(NCc1ccccc1)OCC1OC2(O)CC2(N2CNc3c(N)nc(F)nc32)C1O. The van der Waals surface area contributed by atoms with Gasteiger partial charge in [-0.15, -0.1) is 0 Å². The third-order valence-corrected chi connectivity index (χ3v) is 10.3. The predicted octanol–water partition coefficient (Wildman–Crippen LogP) is 1.19. The summed E-state index contributed by atoms with van der Waals surface area (Å²) in [6, 6.07) is 9.12. The first-order valence-corrected chi connectivity index (χ1v) is 15.8. The number of carbonyl (C=O) groups excluding carboxylic acids is 1. The summed E-state index contributed by atoms with van der Waals surface area (Å²) in [5.41, 5.74) is 4.57. The van der Waals surface area contributed by atoms with Gasteiger partial charge in [0.05, 0.1) is 31.9 Å². The molecule has 0 spiro atoms. The smallest absolute Gasteiger partial charge is 0.395 e. The standard InChI is InChI=1S/C25H34FN6O8PS/c1-23(2,13-33)21(35)42-9-8-38-41(37,29-10-15-6-4-3-5-7-15)39-11-16-18(34)24(12-25(24,36)40-16)32-14-28-17-19(27)30-22(26)31-20(17)32/h3-7,16,18,28,33-34,36H,8-14H2,1-2H3,(H,29,37)(H2,27,30,31). The van der Waals surface area contributed by atoms with E-state index < -0.39 is 49.4 Å². The Labute approximate surface area is 245 Å². The molecule has 7 N–H and O–H groups in total. The number of halogens is 1. The number of ether oxygens (including phenoxy) is 1. The summed E-state index contributed by atoms with van der Waals surface area (Å²) < 4.78 is 44.7. The molecule has 230 valence electrons. The van der Waals surface area contributed by atoms with Gasteiger partial charge < -0.3 is 36.0 Å². The highest BCUT2D eigenvalue weighted by molar-refractivity contribution is 8.13. The molecule has 1 saturated carbocycles. The van der Waals surface area contributed by atoms with Crippen LogP contribution in [0.15, 0.2) is 30.3 Å². The van der Waals surface area contributed by atoms with Gasteiger partial charge in [-0.1, -0.05) is 42.1 Å². The molecule has 5 rings (SSSR count). The monoisotopic (exact) mass is 628 g/mol. The highest BCUT2D eigenvalue weighted by Crippen LogP contribution is 2.64. The number of hydrogen-bond acceptors (Lipinski definition) is 14. The molecule has 14 nitrogen and oxygen atoms in total. The van der Waals surface area contributed by atoms with Crippen LogP contribution < -0.4 is 21.0 Å². The number of rotatable bonds is 13. The summed E-state index contributed by atoms with van der Waals surface area (Å²) in [6.07, 6.45) is -3.55. The molecule has 3 aliphatic rings. The number of nitrogen functional groups attached to an aromatic ring is 1. The molecule has 2 aromatic rings. The fourth-order valence-electron chi connectivity index (χ4n) is 5.02. The molecule has 5 unspecified atom stereocenters. The van der Waals surface area contributed by atoms with Crippen LogP contribution in [0.5, 0.6) is 0 Å². The van der Waals surface area contributed by atoms with Gasteiger partial charge in [0, 0.05) is 18.7 Å². The molecule has 17 heteroatoms. The zero-order valence-corrected chi connectivity index (χ0v) is 24.7. The van der Waals surface area contributed by atoms with E-state index in [1.807, 2.05) is 30.3 Å². The fraction of sp³-hybridized carbons (Fsp3) is 0.560. The predicted molar refractivity (Wildman–Crippen MR) is 152 cm³/mol. The minimum Gasteiger partial charge on any atom is -0.395 e. The summed E-state index contributed by atoms with van der Waals surface area (Å²) in [5, 5.41) is 37.3. The first-order valence-electron chi connectivity index (χ1n) is 13.2. The first-order chi connectivity index (χ1) is 19.8. The molecule has 3 heterocycles. The number of nitrogens with two attached hydrogens (primary N) is 1. The number of thioether (sulfide) groups is 1. The Morgan fingerprint density at radius 1 is 1.36 bits per heavy atom. The Balaban J connectivity index is 1.25. The maximum absolute atomic E-state index is 14.0. The van der Waals surface area contributed by atoms with Crippen molar-refractivity contribution in [2.75, 3.05) is 48.2 Å². The minimum absolute atomic E-state index is 0.000170. The van der Waals surface area contributed by atoms with Crippen LogP contribution >= 0.6 is 19.5 Å². The molecule has 2 fully saturated rings. The Kier molecular flexibility index (Phi) is 8.57. The van der Waals surface area contributed by atoms with E-state index in [-0.39, 0.29) is 61.0 Å². The van der Waals surface area contributed by atoms with Gasteiger partial charge in [-0.25, -0.2) is 9.65 Å². The zero-order valence-electron chi connectivity index (χ0n) is 23.0. The van der Waals surface area contributed by atoms with E-state index in [2.05, 4.69) is 20.4 Å². The van der Waals surface area contributed by atoms with Gasteiger partial charge in [0.15, 0.2) is 22.5 Å². The normalized spacial score (nSPS) is 27.7. The lowest BCUT2D eigenvalue weighted by Crippen LogP contribution is -2.51. The van der Waals surface area contributed by atoms with Crippen molar-refractivity contribution >= 4 is 41.9 Å². The largest absolute Gasteiger partial charge is 0.405 e. The van der Waals surface area contributed by atoms with Gasteiger partial charge in [0.2, 0.25) is 0 Å². The lowest BCUT2D eigenvalue weighted by atomic mass is 9.97. The molecule has 1 aromatic carbocycles. The van der Waals surface area contributed by atoms with E-state index in [1.165, 1.54) is 4.90 Å². The molecule has 0 bridgehead atoms. The van der Waals surface area contributed by atoms with E-state index >= 15 is 0 Å². The summed E-state index contributed by atoms with van der Waals surface area (Å²) >= 11 is 0.939. The third-order valence-electron chi connectivity index (χ3n) is 7.54. The molecule has 0 amide bonds. The molecule has 0 radical (unpaired) electrons. The zero-order chi connectivity index (χ0) is 30.3. The van der Waals surface area contributed by atoms with Crippen LogP contribution in [-0.4, -0.2) is 86.2 Å². The fourth-order valence-corrected chi connectivity index (χ4v) is 7.25. The van der Waals surface area contributed by atoms with Gasteiger partial charge in [0.25, 0.3) is 0 Å². The lowest BCUT2D eigenvalue weighted by Gasteiger charge is -2.31. The van der Waals surface area contributed by atoms with Crippen molar-refractivity contribution in [2.45, 2.75) is 50.3 Å². The van der Waals surface area contributed by atoms with Gasteiger partial charge in [-0.05, 0) is 19.4 Å². The van der Waals surface area contributed by atoms with Gasteiger partial charge in [-0.2, -0.15) is 14.4 Å². The van der Waals surface area contributed by atoms with Crippen LogP contribution in [0.3, 0.4) is 0 Å². The molecular weight excluding hydrogens is 594 g/mol. The number of nitrogens with one attached hydrogen (secondary N) is 2. The molecular formula is C25H34FN6O8PS. The minimum atomic E-state index is -4.02. The van der Waals surface area contributed by atoms with E-state index in [9.17, 15) is 29.1 Å². The second-order valence-electron chi connectivity index (χ2n) is 11.0. The van der Waals surface area contributed by atoms with Crippen LogP contribution in [0, 0.1) is 11.5 Å². The Morgan fingerprint density at radius 2 is 2.10 bits per heavy atom. The van der Waals surface area contributed by atoms with Gasteiger partial charge in [0.1, 0.15) is 23.4 Å². The Bertz CT molecular complexity index is 1380. The Hall–Kier alpha value is -2.40. The van der Waals surface area contributed by atoms with Crippen molar-refractivity contribution in [1.29, 1.82) is 0 Å². The number of aromatic nitrogens is 2. The van der Waals surface area contributed by atoms with E-state index in [0.717, 1.165) is 17.3 Å². The number of anilines is 3. The number of hydrogen-bond donors (Lipinski definition) is 6. The van der Waals surface area contributed by atoms with Crippen molar-refractivity contribution in [3.63, 3.8) is 0 Å². The molecule has 42 heavy (non-hydrogen) atoms. The highest BCUT2D eigenvalue weighted by atomic mass is 32.2. The summed E-state index contributed by atoms with van der Waals surface area (Å²) in [7, 11) is -4.02. The van der Waals surface area contributed by atoms with Gasteiger partial charge >= 0.3 is 13.8 Å². The topological polar surface area (TPSA) is 202 Å². The molecule has 1 aliphatic carbocycles.